The number of anilines is 1. The second kappa shape index (κ2) is 8.73. The highest BCUT2D eigenvalue weighted by Crippen LogP contribution is 2.25. The Bertz CT molecular complexity index is 1040. The van der Waals surface area contributed by atoms with Crippen LogP contribution in [0.15, 0.2) is 41.4 Å². The molecular weight excluding hydrogens is 449 g/mol. The first-order valence-corrected chi connectivity index (χ1v) is 9.02. The summed E-state index contributed by atoms with van der Waals surface area (Å²) in [6, 6.07) is 2.58. The van der Waals surface area contributed by atoms with Crippen molar-refractivity contribution in [3.63, 3.8) is 0 Å². The Kier molecular flexibility index (Phi) is 6.12. The highest BCUT2D eigenvalue weighted by Gasteiger charge is 2.20. The minimum Gasteiger partial charge on any atom is -0.465 e. The molecule has 0 fully saturated rings. The molecule has 0 aliphatic rings. The van der Waals surface area contributed by atoms with Gasteiger partial charge in [0.1, 0.15) is 12.1 Å². The molecule has 0 saturated carbocycles. The number of urea groups is 1. The molecule has 0 radical (unpaired) electrons. The van der Waals surface area contributed by atoms with Gasteiger partial charge in [-0.25, -0.2) is 28.9 Å². The van der Waals surface area contributed by atoms with Gasteiger partial charge in [0.15, 0.2) is 5.82 Å². The fourth-order valence-corrected chi connectivity index (χ4v) is 2.91. The number of aromatic nitrogens is 5. The summed E-state index contributed by atoms with van der Waals surface area (Å²) < 4.78 is 20.4. The van der Waals surface area contributed by atoms with E-state index < -0.39 is 23.9 Å². The standard InChI is InChI=1S/C17H15BrFN7O3/c1-9(14-22-8-23-26(14)16-20-4-3-5-21-16)24-17(28)25-13-6-10(15(27)29-2)11(18)7-12(13)19/h3-9H,1-2H3,(H2,24,25,28). The topological polar surface area (TPSA) is 124 Å². The molecule has 1 unspecified atom stereocenters. The van der Waals surface area contributed by atoms with Crippen LogP contribution < -0.4 is 10.6 Å². The molecule has 150 valence electrons. The first-order valence-electron chi connectivity index (χ1n) is 8.23. The summed E-state index contributed by atoms with van der Waals surface area (Å²) in [4.78, 5) is 36.4. The molecule has 0 aliphatic heterocycles. The number of esters is 1. The third-order valence-corrected chi connectivity index (χ3v) is 4.42. The number of halogens is 2. The fraction of sp³-hybridized carbons (Fsp3) is 0.176. The maximum atomic E-state index is 14.2. The Morgan fingerprint density at radius 3 is 2.66 bits per heavy atom. The summed E-state index contributed by atoms with van der Waals surface area (Å²) in [5.74, 6) is -0.744. The van der Waals surface area contributed by atoms with Gasteiger partial charge in [0.25, 0.3) is 5.95 Å². The van der Waals surface area contributed by atoms with E-state index in [0.717, 1.165) is 6.07 Å². The predicted molar refractivity (Wildman–Crippen MR) is 103 cm³/mol. The molecule has 0 aliphatic carbocycles. The highest BCUT2D eigenvalue weighted by molar-refractivity contribution is 9.10. The smallest absolute Gasteiger partial charge is 0.339 e. The zero-order valence-corrected chi connectivity index (χ0v) is 16.8. The molecule has 3 rings (SSSR count). The molecule has 29 heavy (non-hydrogen) atoms. The second-order valence-corrected chi connectivity index (χ2v) is 6.56. The van der Waals surface area contributed by atoms with E-state index in [1.165, 1.54) is 24.2 Å². The van der Waals surface area contributed by atoms with Gasteiger partial charge >= 0.3 is 12.0 Å². The van der Waals surface area contributed by atoms with Crippen LogP contribution in [0.3, 0.4) is 0 Å². The van der Waals surface area contributed by atoms with Crippen LogP contribution in [0.1, 0.15) is 29.1 Å². The summed E-state index contributed by atoms with van der Waals surface area (Å²) >= 11 is 3.09. The number of rotatable bonds is 5. The van der Waals surface area contributed by atoms with Crippen molar-refractivity contribution in [1.29, 1.82) is 0 Å². The van der Waals surface area contributed by atoms with E-state index in [4.69, 9.17) is 0 Å². The number of hydrogen-bond acceptors (Lipinski definition) is 7. The fourth-order valence-electron chi connectivity index (χ4n) is 2.43. The van der Waals surface area contributed by atoms with Gasteiger partial charge in [0.2, 0.25) is 0 Å². The van der Waals surface area contributed by atoms with Gasteiger partial charge in [-0.3, -0.25) is 0 Å². The molecule has 2 N–H and O–H groups in total. The maximum Gasteiger partial charge on any atom is 0.339 e. The highest BCUT2D eigenvalue weighted by atomic mass is 79.9. The van der Waals surface area contributed by atoms with Gasteiger partial charge in [-0.1, -0.05) is 0 Å². The molecule has 2 aromatic heterocycles. The van der Waals surface area contributed by atoms with Crippen LogP contribution in [0.4, 0.5) is 14.9 Å². The Labute approximate surface area is 172 Å². The van der Waals surface area contributed by atoms with Crippen molar-refractivity contribution < 1.29 is 18.7 Å². The summed E-state index contributed by atoms with van der Waals surface area (Å²) in [5.41, 5.74) is -0.121. The van der Waals surface area contributed by atoms with E-state index >= 15 is 0 Å². The minimum absolute atomic E-state index is 0.0678. The van der Waals surface area contributed by atoms with E-state index in [2.05, 4.69) is 51.4 Å². The lowest BCUT2D eigenvalue weighted by Crippen LogP contribution is -2.33. The average Bonchev–Trinajstić information content (AvgIpc) is 3.20. The van der Waals surface area contributed by atoms with Crippen LogP contribution >= 0.6 is 15.9 Å². The van der Waals surface area contributed by atoms with Crippen molar-refractivity contribution in [2.75, 3.05) is 12.4 Å². The Morgan fingerprint density at radius 2 is 1.97 bits per heavy atom. The maximum absolute atomic E-state index is 14.2. The van der Waals surface area contributed by atoms with E-state index in [-0.39, 0.29) is 21.7 Å². The summed E-state index contributed by atoms with van der Waals surface area (Å²) in [5, 5.41) is 9.04. The molecule has 0 bridgehead atoms. The van der Waals surface area contributed by atoms with Crippen molar-refractivity contribution >= 4 is 33.6 Å². The van der Waals surface area contributed by atoms with Crippen molar-refractivity contribution in [1.82, 2.24) is 30.0 Å². The van der Waals surface area contributed by atoms with Gasteiger partial charge in [0.05, 0.1) is 24.4 Å². The van der Waals surface area contributed by atoms with E-state index in [1.54, 1.807) is 25.4 Å². The minimum atomic E-state index is -0.729. The van der Waals surface area contributed by atoms with Crippen LogP contribution in [0, 0.1) is 5.82 Å². The molecule has 2 heterocycles. The van der Waals surface area contributed by atoms with Crippen LogP contribution in [-0.4, -0.2) is 43.8 Å². The number of methoxy groups -OCH3 is 1. The number of hydrogen-bond donors (Lipinski definition) is 2. The van der Waals surface area contributed by atoms with Crippen LogP contribution in [-0.2, 0) is 4.74 Å². The van der Waals surface area contributed by atoms with Crippen molar-refractivity contribution in [2.24, 2.45) is 0 Å². The molecule has 1 aromatic carbocycles. The number of benzene rings is 1. The first kappa shape index (κ1) is 20.3. The molecule has 12 heteroatoms. The Balaban J connectivity index is 1.75. The monoisotopic (exact) mass is 463 g/mol. The van der Waals surface area contributed by atoms with Gasteiger partial charge in [0, 0.05) is 16.9 Å². The molecular formula is C17H15BrFN7O3. The number of nitrogens with one attached hydrogen (secondary N) is 2. The molecule has 1 atom stereocenters. The lowest BCUT2D eigenvalue weighted by atomic mass is 10.2. The Hall–Kier alpha value is -3.41. The molecule has 0 spiro atoms. The van der Waals surface area contributed by atoms with Gasteiger partial charge in [-0.05, 0) is 41.1 Å². The first-order chi connectivity index (χ1) is 13.9. The van der Waals surface area contributed by atoms with Crippen molar-refractivity contribution in [3.8, 4) is 5.95 Å². The quantitative estimate of drug-likeness (QED) is 0.557. The normalized spacial score (nSPS) is 11.6. The molecule has 2 amide bonds. The van der Waals surface area contributed by atoms with Crippen molar-refractivity contribution in [2.45, 2.75) is 13.0 Å². The summed E-state index contributed by atoms with van der Waals surface area (Å²) in [6.45, 7) is 1.67. The van der Waals surface area contributed by atoms with Crippen LogP contribution in [0.25, 0.3) is 5.95 Å². The zero-order valence-electron chi connectivity index (χ0n) is 15.3. The number of ether oxygens (including phenoxy) is 1. The molecule has 10 nitrogen and oxygen atoms in total. The third-order valence-electron chi connectivity index (χ3n) is 3.76. The summed E-state index contributed by atoms with van der Waals surface area (Å²) in [6.07, 6.45) is 4.40. The van der Waals surface area contributed by atoms with Crippen LogP contribution in [0.2, 0.25) is 0 Å². The SMILES string of the molecule is COC(=O)c1cc(NC(=O)NC(C)c2ncnn2-c2ncccn2)c(F)cc1Br. The third kappa shape index (κ3) is 4.54. The predicted octanol–water partition coefficient (Wildman–Crippen LogP) is 2.63. The van der Waals surface area contributed by atoms with Gasteiger partial charge < -0.3 is 15.4 Å². The lowest BCUT2D eigenvalue weighted by molar-refractivity contribution is 0.0599. The molecule has 3 aromatic rings. The van der Waals surface area contributed by atoms with Crippen LogP contribution in [0.5, 0.6) is 0 Å². The van der Waals surface area contributed by atoms with Gasteiger partial charge in [-0.2, -0.15) is 9.78 Å². The largest absolute Gasteiger partial charge is 0.465 e. The van der Waals surface area contributed by atoms with E-state index in [1.807, 2.05) is 0 Å². The van der Waals surface area contributed by atoms with Crippen molar-refractivity contribution in [3.05, 3.63) is 58.6 Å². The number of carbonyl (C=O) groups excluding carboxylic acids is 2. The average molecular weight is 464 g/mol. The zero-order chi connectivity index (χ0) is 21.0. The second-order valence-electron chi connectivity index (χ2n) is 5.70. The molecule has 0 saturated heterocycles. The van der Waals surface area contributed by atoms with Gasteiger partial charge in [-0.15, -0.1) is 0 Å². The number of nitrogens with zero attached hydrogens (tertiary/aromatic N) is 5. The number of carbonyl (C=O) groups is 2. The summed E-state index contributed by atoms with van der Waals surface area (Å²) in [7, 11) is 1.20. The van der Waals surface area contributed by atoms with E-state index in [9.17, 15) is 14.0 Å². The number of amides is 2. The Morgan fingerprint density at radius 1 is 1.24 bits per heavy atom. The lowest BCUT2D eigenvalue weighted by Gasteiger charge is -2.15. The van der Waals surface area contributed by atoms with E-state index in [0.29, 0.717) is 5.82 Å².